The molecule has 0 saturated carbocycles. The number of thiophene rings is 1. The van der Waals surface area contributed by atoms with Gasteiger partial charge in [0.2, 0.25) is 11.8 Å². The summed E-state index contributed by atoms with van der Waals surface area (Å²) in [5.74, 6) is 3.78. The lowest BCUT2D eigenvalue weighted by molar-refractivity contribution is -0.129. The van der Waals surface area contributed by atoms with Crippen LogP contribution in [-0.4, -0.2) is 175 Å². The second-order valence-electron chi connectivity index (χ2n) is 23.8. The van der Waals surface area contributed by atoms with Crippen LogP contribution in [0.2, 0.25) is 0 Å². The summed E-state index contributed by atoms with van der Waals surface area (Å²) in [7, 11) is 6.36. The molecule has 9 aliphatic rings. The highest BCUT2D eigenvalue weighted by atomic mass is 32.2. The van der Waals surface area contributed by atoms with Crippen molar-refractivity contribution < 1.29 is 19.1 Å². The number of fused-ring (bicyclic) bond motifs is 3. The zero-order chi connectivity index (χ0) is 53.7. The average Bonchev–Trinajstić information content (AvgIpc) is 4.38. The Labute approximate surface area is 468 Å². The summed E-state index contributed by atoms with van der Waals surface area (Å²) in [6.45, 7) is 15.0. The van der Waals surface area contributed by atoms with Gasteiger partial charge in [-0.1, -0.05) is 31.4 Å². The fraction of sp³-hybridized carbons (Fsp3) is 0.583. The van der Waals surface area contributed by atoms with E-state index in [-0.39, 0.29) is 47.2 Å². The summed E-state index contributed by atoms with van der Waals surface area (Å²) in [5, 5.41) is 15.3. The van der Waals surface area contributed by atoms with E-state index >= 15 is 0 Å². The number of likely N-dealkylation sites (N-methyl/N-ethyl adjacent to an activating group) is 3. The van der Waals surface area contributed by atoms with Gasteiger partial charge in [0, 0.05) is 86.2 Å². The fourth-order valence-electron chi connectivity index (χ4n) is 14.7. The minimum atomic E-state index is -0.250. The molecule has 3 aromatic rings. The van der Waals surface area contributed by atoms with E-state index in [4.69, 9.17) is 29.4 Å². The highest BCUT2D eigenvalue weighted by Gasteiger charge is 2.46. The Balaban J connectivity index is 0.743. The van der Waals surface area contributed by atoms with Crippen molar-refractivity contribution in [3.8, 4) is 18.1 Å². The van der Waals surface area contributed by atoms with Crippen molar-refractivity contribution in [1.29, 1.82) is 5.26 Å². The Morgan fingerprint density at radius 2 is 1.44 bits per heavy atom. The van der Waals surface area contributed by atoms with Crippen LogP contribution in [0.1, 0.15) is 77.9 Å². The van der Waals surface area contributed by atoms with Crippen molar-refractivity contribution in [3.63, 3.8) is 0 Å². The van der Waals surface area contributed by atoms with Gasteiger partial charge in [-0.3, -0.25) is 14.5 Å². The van der Waals surface area contributed by atoms with Gasteiger partial charge in [-0.05, 0) is 167 Å². The molecular weight excluding hydrogens is 1020 g/mol. The number of piperazine rings is 2. The molecule has 4 aliphatic carbocycles. The second kappa shape index (κ2) is 22.2. The molecule has 1 N–H and O–H groups in total. The number of nitriles is 1. The first kappa shape index (κ1) is 53.1. The highest BCUT2D eigenvalue weighted by Crippen LogP contribution is 2.55. The number of carbonyl (C=O) groups is 2. The van der Waals surface area contributed by atoms with Crippen LogP contribution in [0.25, 0.3) is 6.08 Å². The summed E-state index contributed by atoms with van der Waals surface area (Å²) in [5.41, 5.74) is 7.50. The first-order valence-electron chi connectivity index (χ1n) is 28.6. The highest BCUT2D eigenvalue weighted by molar-refractivity contribution is 8.03. The molecule has 12 rings (SSSR count). The predicted octanol–water partition coefficient (Wildman–Crippen LogP) is 6.54. The standard InChI is InChI=1S/C60H76N12O4S2/c1-6-53(73)71-24-22-69(34-41(71)14-20-61)55-47-12-18-60(30-50(47)64-57(65-55)75-36-42-9-8-21-67(42)4)16-10-45-48(38-78-52(45)31-60)40-27-43(68(5)33-40)37-76-58-63-49-29-59(19-13-51-39(28-59)15-26-77-51)17-11-46(49)56(66-58)70-23-25-72(54(74)7-2)44(35-70)32-62-3/h6-7,10,13,15-16,19,26,40-44,48,62H,1-2,8-9,11-12,14,17-18,21-25,27-38H2,3-5H3. The number of rotatable bonds is 14. The van der Waals surface area contributed by atoms with Gasteiger partial charge in [-0.15, -0.1) is 23.1 Å². The third kappa shape index (κ3) is 10.3. The van der Waals surface area contributed by atoms with Gasteiger partial charge in [0.05, 0.1) is 36.0 Å². The molecule has 3 aromatic heterocycles. The maximum Gasteiger partial charge on any atom is 0.318 e. The van der Waals surface area contributed by atoms with Crippen LogP contribution in [0.5, 0.6) is 12.0 Å². The van der Waals surface area contributed by atoms with Crippen LogP contribution in [0, 0.1) is 34.0 Å². The van der Waals surface area contributed by atoms with Crippen LogP contribution in [0.4, 0.5) is 11.6 Å². The quantitative estimate of drug-likeness (QED) is 0.174. The number of hydrogen-bond acceptors (Lipinski definition) is 16. The van der Waals surface area contributed by atoms with E-state index in [0.29, 0.717) is 88.9 Å². The minimum Gasteiger partial charge on any atom is -0.462 e. The average molecular weight is 1090 g/mol. The number of aromatic nitrogens is 4. The molecule has 0 aromatic carbocycles. The summed E-state index contributed by atoms with van der Waals surface area (Å²) >= 11 is 3.89. The zero-order valence-electron chi connectivity index (χ0n) is 45.8. The third-order valence-corrected chi connectivity index (χ3v) is 21.3. The van der Waals surface area contributed by atoms with E-state index < -0.39 is 0 Å². The Bertz CT molecular complexity index is 2970. The first-order valence-corrected chi connectivity index (χ1v) is 30.5. The fourth-order valence-corrected chi connectivity index (χ4v) is 17.1. The molecule has 16 nitrogen and oxygen atoms in total. The normalized spacial score (nSPS) is 29.6. The van der Waals surface area contributed by atoms with Gasteiger partial charge in [-0.2, -0.15) is 25.2 Å². The molecule has 412 valence electrons. The summed E-state index contributed by atoms with van der Waals surface area (Å²) in [6.07, 6.45) is 23.7. The van der Waals surface area contributed by atoms with E-state index in [0.717, 1.165) is 112 Å². The van der Waals surface area contributed by atoms with Crippen molar-refractivity contribution in [2.45, 2.75) is 101 Å². The number of thioether (sulfide) groups is 1. The summed E-state index contributed by atoms with van der Waals surface area (Å²) in [4.78, 5) is 62.9. The third-order valence-electron chi connectivity index (χ3n) is 19.1. The molecule has 8 heterocycles. The smallest absolute Gasteiger partial charge is 0.318 e. The van der Waals surface area contributed by atoms with E-state index in [2.05, 4.69) is 106 Å². The molecule has 4 fully saturated rings. The lowest BCUT2D eigenvalue weighted by Crippen LogP contribution is -2.58. The molecule has 2 amide bonds. The van der Waals surface area contributed by atoms with Crippen LogP contribution < -0.4 is 24.6 Å². The van der Waals surface area contributed by atoms with Gasteiger partial charge < -0.3 is 39.3 Å². The van der Waals surface area contributed by atoms with Crippen LogP contribution in [0.3, 0.4) is 0 Å². The topological polar surface area (TPSA) is 159 Å². The van der Waals surface area contributed by atoms with Crippen molar-refractivity contribution >= 4 is 52.6 Å². The maximum absolute atomic E-state index is 13.0. The number of hydrogen-bond donors (Lipinski definition) is 1. The molecule has 5 aliphatic heterocycles. The molecule has 78 heavy (non-hydrogen) atoms. The van der Waals surface area contributed by atoms with Gasteiger partial charge in [-0.25, -0.2) is 0 Å². The Morgan fingerprint density at radius 1 is 0.795 bits per heavy atom. The second-order valence-corrected chi connectivity index (χ2v) is 25.9. The number of nitrogens with zero attached hydrogens (tertiary/aromatic N) is 11. The number of allylic oxidation sites excluding steroid dienone is 5. The van der Waals surface area contributed by atoms with Crippen molar-refractivity contribution in [2.75, 3.05) is 109 Å². The molecule has 2 spiro atoms. The molecule has 4 saturated heterocycles. The minimum absolute atomic E-state index is 0.0136. The molecule has 8 unspecified atom stereocenters. The molecule has 0 radical (unpaired) electrons. The van der Waals surface area contributed by atoms with E-state index in [1.807, 2.05) is 23.3 Å². The van der Waals surface area contributed by atoms with E-state index in [9.17, 15) is 14.9 Å². The monoisotopic (exact) mass is 1090 g/mol. The van der Waals surface area contributed by atoms with Gasteiger partial charge >= 0.3 is 12.0 Å². The maximum atomic E-state index is 13.0. The molecule has 0 bridgehead atoms. The summed E-state index contributed by atoms with van der Waals surface area (Å²) in [6, 6.07) is 5.81. The number of amides is 2. The lowest BCUT2D eigenvalue weighted by Gasteiger charge is -2.43. The molecular formula is C60H76N12O4S2. The molecule has 8 atom stereocenters. The van der Waals surface area contributed by atoms with Crippen molar-refractivity contribution in [2.24, 2.45) is 22.7 Å². The number of likely N-dealkylation sites (tertiary alicyclic amines) is 2. The van der Waals surface area contributed by atoms with Gasteiger partial charge in [0.1, 0.15) is 24.8 Å². The van der Waals surface area contributed by atoms with Crippen LogP contribution in [-0.2, 0) is 41.7 Å². The van der Waals surface area contributed by atoms with E-state index in [1.54, 1.807) is 4.90 Å². The Morgan fingerprint density at radius 3 is 2.08 bits per heavy atom. The summed E-state index contributed by atoms with van der Waals surface area (Å²) < 4.78 is 13.3. The lowest BCUT2D eigenvalue weighted by atomic mass is 9.67. The molecule has 18 heteroatoms. The number of carbonyl (C=O) groups excluding carboxylic acids is 2. The Hall–Kier alpha value is -5.58. The van der Waals surface area contributed by atoms with E-state index in [1.165, 1.54) is 44.2 Å². The van der Waals surface area contributed by atoms with Gasteiger partial charge in [0.15, 0.2) is 0 Å². The number of ether oxygens (including phenoxy) is 2. The van der Waals surface area contributed by atoms with Crippen LogP contribution >= 0.6 is 23.1 Å². The first-order chi connectivity index (χ1) is 37.9. The van der Waals surface area contributed by atoms with Gasteiger partial charge in [0.25, 0.3) is 0 Å². The van der Waals surface area contributed by atoms with Crippen molar-refractivity contribution in [1.82, 2.24) is 44.9 Å². The zero-order valence-corrected chi connectivity index (χ0v) is 47.5. The van der Waals surface area contributed by atoms with Crippen LogP contribution in [0.15, 0.2) is 65.5 Å². The number of anilines is 2. The van der Waals surface area contributed by atoms with Crippen molar-refractivity contribution in [3.05, 3.63) is 98.4 Å². The number of nitrogens with one attached hydrogen (secondary N) is 1. The predicted molar refractivity (Wildman–Crippen MR) is 308 cm³/mol. The SMILES string of the molecule is C=CC(=O)N1CCN(c2nc(OCC3CCCN3C)nc3c2CCC2(C=CC4=C(C2)SCC4C2CC(COc4nc5c(c(N6CCN(C(=O)C=C)C(CNC)C6)n4)CCC4(C=Cc6sccc6C4)C5)N(C)C2)C3)CC1CC#N. The largest absolute Gasteiger partial charge is 0.462 e. The Kier molecular flexibility index (Phi) is 15.1.